The third-order valence-electron chi connectivity index (χ3n) is 3.12. The van der Waals surface area contributed by atoms with E-state index in [2.05, 4.69) is 15.2 Å². The average Bonchev–Trinajstić information content (AvgIpc) is 2.92. The highest BCUT2D eigenvalue weighted by atomic mass is 32.2. The number of carbonyl (C=O) groups excluding carboxylic acids is 2. The monoisotopic (exact) mass is 266 g/mol. The van der Waals surface area contributed by atoms with Crippen LogP contribution in [0.15, 0.2) is 0 Å². The van der Waals surface area contributed by atoms with Gasteiger partial charge in [0.15, 0.2) is 5.12 Å². The van der Waals surface area contributed by atoms with Gasteiger partial charge in [0.1, 0.15) is 5.82 Å². The summed E-state index contributed by atoms with van der Waals surface area (Å²) in [5, 5.41) is 7.06. The first-order valence-corrected chi connectivity index (χ1v) is 6.91. The molecular weight excluding hydrogens is 252 g/mol. The fourth-order valence-electron chi connectivity index (χ4n) is 2.11. The van der Waals surface area contributed by atoms with Crippen molar-refractivity contribution in [3.63, 3.8) is 0 Å². The smallest absolute Gasteiger partial charge is 0.251 e. The molecule has 96 valence electrons. The molecule has 1 unspecified atom stereocenters. The number of hydrogen-bond donors (Lipinski definition) is 1. The van der Waals surface area contributed by atoms with E-state index in [9.17, 15) is 9.59 Å². The average molecular weight is 266 g/mol. The van der Waals surface area contributed by atoms with Crippen molar-refractivity contribution in [2.75, 3.05) is 11.4 Å². The molecule has 2 heterocycles. The summed E-state index contributed by atoms with van der Waals surface area (Å²) in [5.74, 6) is 1.82. The van der Waals surface area contributed by atoms with Gasteiger partial charge in [-0.15, -0.1) is 5.10 Å². The van der Waals surface area contributed by atoms with Gasteiger partial charge in [-0.05, 0) is 12.8 Å². The topological polar surface area (TPSA) is 79.0 Å². The molecule has 1 aliphatic heterocycles. The lowest BCUT2D eigenvalue weighted by molar-refractivity contribution is -0.117. The zero-order valence-electron chi connectivity index (χ0n) is 10.0. The summed E-state index contributed by atoms with van der Waals surface area (Å²) in [4.78, 5) is 28.9. The summed E-state index contributed by atoms with van der Waals surface area (Å²) < 4.78 is 0. The van der Waals surface area contributed by atoms with Gasteiger partial charge in [-0.3, -0.25) is 19.6 Å². The fraction of sp³-hybridized carbons (Fsp3) is 0.636. The minimum atomic E-state index is -0.00454. The Morgan fingerprint density at radius 3 is 2.94 bits per heavy atom. The second-order valence-corrected chi connectivity index (χ2v) is 6.21. The summed E-state index contributed by atoms with van der Waals surface area (Å²) in [6.07, 6.45) is 2.67. The quantitative estimate of drug-likeness (QED) is 0.885. The molecule has 0 spiro atoms. The number of nitrogens with zero attached hydrogens (tertiary/aromatic N) is 3. The summed E-state index contributed by atoms with van der Waals surface area (Å²) in [6, 6.07) is 0. The second-order valence-electron chi connectivity index (χ2n) is 4.73. The molecule has 2 aliphatic rings. The van der Waals surface area contributed by atoms with Crippen LogP contribution in [0, 0.1) is 0 Å². The van der Waals surface area contributed by atoms with Gasteiger partial charge in [-0.25, -0.2) is 0 Å². The lowest BCUT2D eigenvalue weighted by Crippen LogP contribution is -2.26. The molecule has 7 heteroatoms. The summed E-state index contributed by atoms with van der Waals surface area (Å²) in [6.45, 7) is 2.04. The molecule has 1 amide bonds. The number of aromatic nitrogens is 3. The molecule has 18 heavy (non-hydrogen) atoms. The normalized spacial score (nSPS) is 23.7. The highest BCUT2D eigenvalue weighted by Gasteiger charge is 2.35. The first-order valence-electron chi connectivity index (χ1n) is 6.03. The van der Waals surface area contributed by atoms with Crippen molar-refractivity contribution < 1.29 is 9.59 Å². The maximum absolute atomic E-state index is 11.9. The predicted octanol–water partition coefficient (Wildman–Crippen LogP) is 1.07. The Kier molecular flexibility index (Phi) is 2.85. The van der Waals surface area contributed by atoms with E-state index in [0.29, 0.717) is 24.8 Å². The highest BCUT2D eigenvalue weighted by molar-refractivity contribution is 8.14. The number of amides is 1. The van der Waals surface area contributed by atoms with Crippen molar-refractivity contribution in [3.8, 4) is 0 Å². The molecule has 6 nitrogen and oxygen atoms in total. The van der Waals surface area contributed by atoms with E-state index in [1.807, 2.05) is 0 Å². The Hall–Kier alpha value is -1.37. The zero-order valence-corrected chi connectivity index (χ0v) is 10.9. The van der Waals surface area contributed by atoms with Crippen LogP contribution in [-0.4, -0.2) is 38.0 Å². The van der Waals surface area contributed by atoms with E-state index in [-0.39, 0.29) is 16.3 Å². The zero-order chi connectivity index (χ0) is 12.7. The molecular formula is C11H14N4O2S. The van der Waals surface area contributed by atoms with Crippen molar-refractivity contribution >= 4 is 28.7 Å². The number of anilines is 1. The van der Waals surface area contributed by atoms with E-state index in [0.717, 1.165) is 18.7 Å². The van der Waals surface area contributed by atoms with Crippen molar-refractivity contribution in [2.45, 2.75) is 37.4 Å². The third kappa shape index (κ3) is 2.27. The lowest BCUT2D eigenvalue weighted by Gasteiger charge is -2.10. The van der Waals surface area contributed by atoms with E-state index in [4.69, 9.17) is 0 Å². The Labute approximate surface area is 109 Å². The minimum Gasteiger partial charge on any atom is -0.288 e. The van der Waals surface area contributed by atoms with Crippen LogP contribution in [0.2, 0.25) is 0 Å². The molecule has 1 aromatic rings. The van der Waals surface area contributed by atoms with Crippen molar-refractivity contribution in [3.05, 3.63) is 5.82 Å². The number of aromatic amines is 1. The number of nitrogens with one attached hydrogen (secondary N) is 1. The maximum Gasteiger partial charge on any atom is 0.251 e. The largest absolute Gasteiger partial charge is 0.288 e. The van der Waals surface area contributed by atoms with E-state index < -0.39 is 0 Å². The van der Waals surface area contributed by atoms with Gasteiger partial charge in [0.05, 0.1) is 0 Å². The predicted molar refractivity (Wildman–Crippen MR) is 67.4 cm³/mol. The van der Waals surface area contributed by atoms with Crippen LogP contribution in [0.1, 0.15) is 37.9 Å². The maximum atomic E-state index is 11.9. The number of rotatable bonds is 3. The third-order valence-corrected chi connectivity index (χ3v) is 4.10. The molecule has 0 aromatic carbocycles. The van der Waals surface area contributed by atoms with Crippen molar-refractivity contribution in [1.82, 2.24) is 15.2 Å². The van der Waals surface area contributed by atoms with Crippen LogP contribution in [0.5, 0.6) is 0 Å². The molecule has 3 rings (SSSR count). The number of carbonyl (C=O) groups is 2. The van der Waals surface area contributed by atoms with Crippen molar-refractivity contribution in [1.29, 1.82) is 0 Å². The Morgan fingerprint density at radius 2 is 2.28 bits per heavy atom. The van der Waals surface area contributed by atoms with Gasteiger partial charge in [0.25, 0.3) is 5.95 Å². The van der Waals surface area contributed by atoms with Gasteiger partial charge in [0.2, 0.25) is 5.91 Å². The molecule has 1 atom stereocenters. The summed E-state index contributed by atoms with van der Waals surface area (Å²) in [5.41, 5.74) is 0. The standard InChI is InChI=1S/C11H14N4O2S/c1-6(16)18-8-4-9(17)15(5-8)11-12-10(13-14-11)7-2-3-7/h7-8H,2-5H2,1H3,(H,12,13,14). The van der Waals surface area contributed by atoms with E-state index in [1.54, 1.807) is 4.90 Å². The van der Waals surface area contributed by atoms with Gasteiger partial charge < -0.3 is 0 Å². The Balaban J connectivity index is 1.71. The second kappa shape index (κ2) is 4.38. The molecule has 0 radical (unpaired) electrons. The van der Waals surface area contributed by atoms with Crippen LogP contribution in [0.4, 0.5) is 5.95 Å². The summed E-state index contributed by atoms with van der Waals surface area (Å²) >= 11 is 1.22. The summed E-state index contributed by atoms with van der Waals surface area (Å²) in [7, 11) is 0. The van der Waals surface area contributed by atoms with Gasteiger partial charge in [-0.2, -0.15) is 4.98 Å². The van der Waals surface area contributed by atoms with Crippen LogP contribution in [0.25, 0.3) is 0 Å². The minimum absolute atomic E-state index is 0.00454. The van der Waals surface area contributed by atoms with Crippen LogP contribution in [0.3, 0.4) is 0 Å². The van der Waals surface area contributed by atoms with E-state index >= 15 is 0 Å². The SMILES string of the molecule is CC(=O)SC1CC(=O)N(c2n[nH]c(C3CC3)n2)C1. The molecule has 1 aliphatic carbocycles. The first kappa shape index (κ1) is 11.7. The van der Waals surface area contributed by atoms with Crippen LogP contribution in [-0.2, 0) is 9.59 Å². The Morgan fingerprint density at radius 1 is 1.50 bits per heavy atom. The van der Waals surface area contributed by atoms with Gasteiger partial charge in [0, 0.05) is 31.1 Å². The first-order chi connectivity index (χ1) is 8.63. The number of thioether (sulfide) groups is 1. The van der Waals surface area contributed by atoms with Crippen LogP contribution < -0.4 is 4.90 Å². The Bertz CT molecular complexity index is 497. The molecule has 1 saturated carbocycles. The molecule has 0 bridgehead atoms. The van der Waals surface area contributed by atoms with Crippen molar-refractivity contribution in [2.24, 2.45) is 0 Å². The fourth-order valence-corrected chi connectivity index (χ4v) is 3.03. The highest BCUT2D eigenvalue weighted by Crippen LogP contribution is 2.38. The number of H-pyrrole nitrogens is 1. The molecule has 1 aromatic heterocycles. The lowest BCUT2D eigenvalue weighted by atomic mass is 10.4. The molecule has 1 N–H and O–H groups in total. The van der Waals surface area contributed by atoms with E-state index in [1.165, 1.54) is 18.7 Å². The molecule has 2 fully saturated rings. The molecule has 1 saturated heterocycles. The van der Waals surface area contributed by atoms with Gasteiger partial charge >= 0.3 is 0 Å². The van der Waals surface area contributed by atoms with Crippen LogP contribution >= 0.6 is 11.8 Å². The number of hydrogen-bond acceptors (Lipinski definition) is 5. The van der Waals surface area contributed by atoms with Gasteiger partial charge in [-0.1, -0.05) is 11.8 Å².